The van der Waals surface area contributed by atoms with E-state index in [-0.39, 0.29) is 12.5 Å². The molecule has 0 bridgehead atoms. The van der Waals surface area contributed by atoms with Crippen molar-refractivity contribution in [2.75, 3.05) is 6.61 Å². The topological polar surface area (TPSA) is 46.3 Å². The van der Waals surface area contributed by atoms with Crippen LogP contribution >= 0.6 is 0 Å². The Kier molecular flexibility index (Phi) is 2.36. The summed E-state index contributed by atoms with van der Waals surface area (Å²) < 4.78 is 5.20. The molecule has 3 heteroatoms. The number of nitrogens with zero attached hydrogens (tertiary/aromatic N) is 1. The van der Waals surface area contributed by atoms with E-state index in [0.717, 1.165) is 17.9 Å². The van der Waals surface area contributed by atoms with Crippen molar-refractivity contribution in [1.82, 2.24) is 5.16 Å². The molecule has 2 rings (SSSR count). The fourth-order valence-electron chi connectivity index (χ4n) is 1.41. The summed E-state index contributed by atoms with van der Waals surface area (Å²) in [6.07, 6.45) is 3.29. The zero-order valence-electron chi connectivity index (χ0n) is 7.86. The molecule has 1 aliphatic carbocycles. The maximum absolute atomic E-state index is 8.87. The zero-order chi connectivity index (χ0) is 9.26. The molecule has 0 saturated heterocycles. The average molecular weight is 181 g/mol. The van der Waals surface area contributed by atoms with Gasteiger partial charge in [0.1, 0.15) is 5.76 Å². The molecule has 1 atom stereocenters. The summed E-state index contributed by atoms with van der Waals surface area (Å²) in [6.45, 7) is 2.22. The summed E-state index contributed by atoms with van der Waals surface area (Å²) in [5.41, 5.74) is 0.975. The van der Waals surface area contributed by atoms with Gasteiger partial charge in [0.05, 0.1) is 5.69 Å². The van der Waals surface area contributed by atoms with Gasteiger partial charge in [-0.1, -0.05) is 12.1 Å². The number of hydrogen-bond donors (Lipinski definition) is 1. The quantitative estimate of drug-likeness (QED) is 0.769. The second-order valence-electron chi connectivity index (χ2n) is 3.99. The number of rotatable bonds is 4. The Bertz CT molecular complexity index is 278. The van der Waals surface area contributed by atoms with Gasteiger partial charge in [-0.15, -0.1) is 0 Å². The van der Waals surface area contributed by atoms with E-state index in [1.165, 1.54) is 12.8 Å². The van der Waals surface area contributed by atoms with Crippen LogP contribution in [0.1, 0.15) is 37.1 Å². The Morgan fingerprint density at radius 1 is 1.69 bits per heavy atom. The van der Waals surface area contributed by atoms with Gasteiger partial charge in [-0.3, -0.25) is 0 Å². The van der Waals surface area contributed by atoms with Crippen molar-refractivity contribution in [3.8, 4) is 0 Å². The van der Waals surface area contributed by atoms with E-state index in [2.05, 4.69) is 5.16 Å². The van der Waals surface area contributed by atoms with Crippen LogP contribution in [-0.4, -0.2) is 16.9 Å². The lowest BCUT2D eigenvalue weighted by atomic mass is 10.1. The van der Waals surface area contributed by atoms with Gasteiger partial charge in [-0.2, -0.15) is 0 Å². The van der Waals surface area contributed by atoms with Crippen LogP contribution in [-0.2, 0) is 6.42 Å². The van der Waals surface area contributed by atoms with Crippen molar-refractivity contribution < 1.29 is 9.63 Å². The molecule has 72 valence electrons. The lowest BCUT2D eigenvalue weighted by Gasteiger charge is -2.02. The summed E-state index contributed by atoms with van der Waals surface area (Å²) in [5, 5.41) is 12.8. The van der Waals surface area contributed by atoms with Gasteiger partial charge >= 0.3 is 0 Å². The Hall–Kier alpha value is -0.830. The van der Waals surface area contributed by atoms with Crippen molar-refractivity contribution in [3.63, 3.8) is 0 Å². The minimum absolute atomic E-state index is 0.214. The van der Waals surface area contributed by atoms with E-state index in [1.807, 2.05) is 13.0 Å². The van der Waals surface area contributed by atoms with Crippen LogP contribution < -0.4 is 0 Å². The second kappa shape index (κ2) is 3.50. The molecule has 0 radical (unpaired) electrons. The Balaban J connectivity index is 1.96. The largest absolute Gasteiger partial charge is 0.396 e. The normalized spacial score (nSPS) is 18.9. The van der Waals surface area contributed by atoms with E-state index in [4.69, 9.17) is 9.63 Å². The van der Waals surface area contributed by atoms with Crippen molar-refractivity contribution >= 4 is 0 Å². The molecule has 3 nitrogen and oxygen atoms in total. The third-order valence-corrected chi connectivity index (χ3v) is 2.43. The van der Waals surface area contributed by atoms with Crippen LogP contribution in [0.4, 0.5) is 0 Å². The van der Waals surface area contributed by atoms with E-state index in [9.17, 15) is 0 Å². The van der Waals surface area contributed by atoms with Crippen LogP contribution in [0.5, 0.6) is 0 Å². The maximum atomic E-state index is 8.87. The summed E-state index contributed by atoms with van der Waals surface area (Å²) in [4.78, 5) is 0. The lowest BCUT2D eigenvalue weighted by molar-refractivity contribution is 0.234. The third kappa shape index (κ3) is 2.10. The molecule has 13 heavy (non-hydrogen) atoms. The molecule has 1 heterocycles. The first-order chi connectivity index (χ1) is 6.29. The van der Waals surface area contributed by atoms with Gasteiger partial charge < -0.3 is 9.63 Å². The highest BCUT2D eigenvalue weighted by atomic mass is 16.5. The van der Waals surface area contributed by atoms with Gasteiger partial charge in [0, 0.05) is 18.6 Å². The Labute approximate surface area is 77.7 Å². The lowest BCUT2D eigenvalue weighted by Crippen LogP contribution is -2.04. The summed E-state index contributed by atoms with van der Waals surface area (Å²) in [7, 11) is 0. The number of hydrogen-bond acceptors (Lipinski definition) is 3. The average Bonchev–Trinajstić information content (AvgIpc) is 2.88. The molecule has 1 fully saturated rings. The zero-order valence-corrected chi connectivity index (χ0v) is 7.86. The van der Waals surface area contributed by atoms with Crippen LogP contribution in [0, 0.1) is 5.92 Å². The van der Waals surface area contributed by atoms with Gasteiger partial charge in [-0.25, -0.2) is 0 Å². The fourth-order valence-corrected chi connectivity index (χ4v) is 1.41. The summed E-state index contributed by atoms with van der Waals surface area (Å²) in [6, 6.07) is 2.03. The molecular weight excluding hydrogens is 166 g/mol. The molecule has 0 aromatic carbocycles. The van der Waals surface area contributed by atoms with Crippen LogP contribution in [0.15, 0.2) is 10.6 Å². The molecule has 1 aliphatic rings. The molecule has 1 unspecified atom stereocenters. The highest BCUT2D eigenvalue weighted by Gasteiger charge is 2.27. The van der Waals surface area contributed by atoms with Crippen LogP contribution in [0.3, 0.4) is 0 Å². The van der Waals surface area contributed by atoms with Gasteiger partial charge in [-0.05, 0) is 25.2 Å². The standard InChI is InChI=1S/C10H15NO2/c1-7(6-12)4-9-5-10(13-11-9)8-2-3-8/h5,7-8,12H,2-4,6H2,1H3. The number of aromatic nitrogens is 1. The Morgan fingerprint density at radius 3 is 3.08 bits per heavy atom. The first-order valence-electron chi connectivity index (χ1n) is 4.86. The maximum Gasteiger partial charge on any atom is 0.140 e. The predicted octanol–water partition coefficient (Wildman–Crippen LogP) is 1.72. The van der Waals surface area contributed by atoms with Crippen molar-refractivity contribution in [3.05, 3.63) is 17.5 Å². The van der Waals surface area contributed by atoms with Gasteiger partial charge in [0.15, 0.2) is 0 Å². The fraction of sp³-hybridized carbons (Fsp3) is 0.700. The molecule has 0 aliphatic heterocycles. The predicted molar refractivity (Wildman–Crippen MR) is 48.4 cm³/mol. The SMILES string of the molecule is CC(CO)Cc1cc(C2CC2)on1. The van der Waals surface area contributed by atoms with Crippen molar-refractivity contribution in [2.24, 2.45) is 5.92 Å². The van der Waals surface area contributed by atoms with E-state index in [0.29, 0.717) is 5.92 Å². The first-order valence-corrected chi connectivity index (χ1v) is 4.86. The molecule has 0 amide bonds. The van der Waals surface area contributed by atoms with E-state index >= 15 is 0 Å². The smallest absolute Gasteiger partial charge is 0.140 e. The number of aliphatic hydroxyl groups is 1. The Morgan fingerprint density at radius 2 is 2.46 bits per heavy atom. The van der Waals surface area contributed by atoms with E-state index < -0.39 is 0 Å². The monoisotopic (exact) mass is 181 g/mol. The summed E-state index contributed by atoms with van der Waals surface area (Å²) in [5.74, 6) is 1.93. The molecule has 1 aromatic heterocycles. The molecule has 1 N–H and O–H groups in total. The molecule has 1 aromatic rings. The van der Waals surface area contributed by atoms with Crippen LogP contribution in [0.25, 0.3) is 0 Å². The van der Waals surface area contributed by atoms with Crippen molar-refractivity contribution in [1.29, 1.82) is 0 Å². The minimum atomic E-state index is 0.214. The van der Waals surface area contributed by atoms with Gasteiger partial charge in [0.2, 0.25) is 0 Å². The highest BCUT2D eigenvalue weighted by molar-refractivity contribution is 5.14. The van der Waals surface area contributed by atoms with Gasteiger partial charge in [0.25, 0.3) is 0 Å². The highest BCUT2D eigenvalue weighted by Crippen LogP contribution is 2.40. The van der Waals surface area contributed by atoms with Crippen molar-refractivity contribution in [2.45, 2.75) is 32.1 Å². The van der Waals surface area contributed by atoms with E-state index in [1.54, 1.807) is 0 Å². The van der Waals surface area contributed by atoms with Crippen LogP contribution in [0.2, 0.25) is 0 Å². The third-order valence-electron chi connectivity index (χ3n) is 2.43. The molecular formula is C10H15NO2. The first kappa shape index (κ1) is 8.75. The second-order valence-corrected chi connectivity index (χ2v) is 3.99. The summed E-state index contributed by atoms with van der Waals surface area (Å²) >= 11 is 0. The molecule has 1 saturated carbocycles. The molecule has 0 spiro atoms. The number of aliphatic hydroxyl groups excluding tert-OH is 1. The minimum Gasteiger partial charge on any atom is -0.396 e.